The summed E-state index contributed by atoms with van der Waals surface area (Å²) in [7, 11) is 34.4. The third-order valence-corrected chi connectivity index (χ3v) is 20.9. The van der Waals surface area contributed by atoms with Gasteiger partial charge in [0.25, 0.3) is 0 Å². The number of rotatable bonds is 75. The molecule has 0 unspecified atom stereocenters. The molecule has 0 fully saturated rings. The van der Waals surface area contributed by atoms with E-state index in [9.17, 15) is 0 Å². The SMILES string of the molecule is Br.Br.Br.Br.Br.Br.Br.Br.Br.Br.Br.Br.Br.Br.Br.CCCCCCCCCCCCCCCC[N+](C)(C)C.CCCCCCCCCCCCCCCC[N+](C)(C)C.CCCCCCCCCCCCCCCC[N+](C)(C)C.CCCCCCCCCCCCCCCC[N+](C)(C)C.CCCCCCCCCCCCCCCC[N+](C)(C)C.[Br-].[Br-].[Br-].[Br-].[Br-]. The van der Waals surface area contributed by atoms with Crippen molar-refractivity contribution in [2.24, 2.45) is 0 Å². The second-order valence-corrected chi connectivity index (χ2v) is 38.1. The minimum atomic E-state index is 0. The van der Waals surface area contributed by atoms with Crippen molar-refractivity contribution >= 4 is 255 Å². The molecule has 0 aliphatic rings. The molecule has 0 rings (SSSR count). The summed E-state index contributed by atoms with van der Waals surface area (Å²) in [6, 6.07) is 0. The molecule has 0 aromatic carbocycles. The highest BCUT2D eigenvalue weighted by molar-refractivity contribution is 8.94. The zero-order valence-corrected chi connectivity index (χ0v) is 117. The molecule has 0 heterocycles. The molecule has 770 valence electrons. The zero-order valence-electron chi connectivity index (χ0n) is 83.3. The average Bonchev–Trinajstić information content (AvgIpc) is 1.02. The topological polar surface area (TPSA) is 0 Å². The first-order valence-corrected chi connectivity index (χ1v) is 46.8. The van der Waals surface area contributed by atoms with Crippen molar-refractivity contribution in [2.75, 3.05) is 138 Å². The number of nitrogens with zero attached hydrogens (tertiary/aromatic N) is 5. The van der Waals surface area contributed by atoms with Crippen LogP contribution >= 0.6 is 255 Å². The first kappa shape index (κ1) is 196. The molecule has 0 aliphatic heterocycles. The number of halogens is 20. The van der Waals surface area contributed by atoms with E-state index >= 15 is 0 Å². The van der Waals surface area contributed by atoms with E-state index in [1.807, 2.05) is 0 Å². The molecule has 5 nitrogen and oxygen atoms in total. The molecule has 0 N–H and O–H groups in total. The Hall–Kier alpha value is 9.40. The van der Waals surface area contributed by atoms with Gasteiger partial charge in [-0.3, -0.25) is 0 Å². The Morgan fingerprint density at radius 2 is 0.142 bits per heavy atom. The van der Waals surface area contributed by atoms with Gasteiger partial charge < -0.3 is 107 Å². The van der Waals surface area contributed by atoms with Gasteiger partial charge in [-0.1, -0.05) is 420 Å². The van der Waals surface area contributed by atoms with Crippen molar-refractivity contribution in [1.29, 1.82) is 0 Å². The molecule has 25 heteroatoms. The molecular weight excluding hydrogens is 2810 g/mol. The van der Waals surface area contributed by atoms with E-state index in [-0.39, 0.29) is 340 Å². The maximum atomic E-state index is 2.29. The first-order chi connectivity index (χ1) is 47.8. The van der Waals surface area contributed by atoms with Crippen molar-refractivity contribution < 1.29 is 107 Å². The Labute approximate surface area is 971 Å². The van der Waals surface area contributed by atoms with Crippen LogP contribution in [-0.4, -0.2) is 161 Å². The van der Waals surface area contributed by atoms with Crippen LogP contribution in [0, 0.1) is 0 Å². The third-order valence-electron chi connectivity index (χ3n) is 20.9. The van der Waals surface area contributed by atoms with Crippen molar-refractivity contribution in [3.63, 3.8) is 0 Å². The van der Waals surface area contributed by atoms with Crippen LogP contribution in [0.4, 0.5) is 0 Å². The van der Waals surface area contributed by atoms with Gasteiger partial charge in [0.05, 0.1) is 138 Å². The fourth-order valence-corrected chi connectivity index (χ4v) is 13.9. The quantitative estimate of drug-likeness (QED) is 0.0421. The largest absolute Gasteiger partial charge is 1.00 e. The van der Waals surface area contributed by atoms with Gasteiger partial charge in [0.2, 0.25) is 0 Å². The number of hydrogen-bond donors (Lipinski definition) is 0. The van der Waals surface area contributed by atoms with Crippen molar-refractivity contribution in [3.05, 3.63) is 0 Å². The van der Waals surface area contributed by atoms with Gasteiger partial charge in [0, 0.05) is 0 Å². The van der Waals surface area contributed by atoms with E-state index < -0.39 is 0 Å². The van der Waals surface area contributed by atoms with Crippen LogP contribution in [0.1, 0.15) is 484 Å². The lowest BCUT2D eigenvalue weighted by Gasteiger charge is -2.23. The van der Waals surface area contributed by atoms with E-state index in [2.05, 4.69) is 140 Å². The Bertz CT molecular complexity index is 1230. The summed E-state index contributed by atoms with van der Waals surface area (Å²) in [5.74, 6) is 0. The Morgan fingerprint density at radius 3 is 0.192 bits per heavy atom. The van der Waals surface area contributed by atoms with Gasteiger partial charge in [-0.05, 0) is 64.2 Å². The van der Waals surface area contributed by atoms with Gasteiger partial charge in [-0.15, -0.1) is 255 Å². The van der Waals surface area contributed by atoms with Crippen LogP contribution in [0.15, 0.2) is 0 Å². The number of unbranched alkanes of at least 4 members (excludes halogenated alkanes) is 65. The minimum absolute atomic E-state index is 0. The van der Waals surface area contributed by atoms with Crippen molar-refractivity contribution in [1.82, 2.24) is 0 Å². The van der Waals surface area contributed by atoms with E-state index in [4.69, 9.17) is 0 Å². The summed E-state index contributed by atoms with van der Waals surface area (Å²) < 4.78 is 5.62. The predicted octanol–water partition coefficient (Wildman–Crippen LogP) is 24.6. The van der Waals surface area contributed by atoms with Crippen molar-refractivity contribution in [2.45, 2.75) is 484 Å². The fourth-order valence-electron chi connectivity index (χ4n) is 13.9. The van der Waals surface area contributed by atoms with Crippen LogP contribution in [0.3, 0.4) is 0 Å². The summed E-state index contributed by atoms with van der Waals surface area (Å²) >= 11 is 0. The molecule has 0 spiro atoms. The molecule has 0 aromatic rings. The van der Waals surface area contributed by atoms with Gasteiger partial charge >= 0.3 is 0 Å². The summed E-state index contributed by atoms with van der Waals surface area (Å²) in [6.07, 6.45) is 102. The Kier molecular flexibility index (Phi) is 260. The van der Waals surface area contributed by atoms with Crippen LogP contribution in [0.2, 0.25) is 0 Å². The lowest BCUT2D eigenvalue weighted by Crippen LogP contribution is -3.00. The van der Waals surface area contributed by atoms with Gasteiger partial charge in [0.15, 0.2) is 0 Å². The molecule has 120 heavy (non-hydrogen) atoms. The smallest absolute Gasteiger partial charge is 0.0780 e. The van der Waals surface area contributed by atoms with Gasteiger partial charge in [-0.25, -0.2) is 0 Å². The third kappa shape index (κ3) is 228. The van der Waals surface area contributed by atoms with Gasteiger partial charge in [-0.2, -0.15) is 0 Å². The monoisotopic (exact) mass is 3020 g/mol. The molecule has 0 aromatic heterocycles. The molecular formula is C95H225Br20N5. The van der Waals surface area contributed by atoms with Crippen LogP contribution in [0.5, 0.6) is 0 Å². The summed E-state index contributed by atoms with van der Waals surface area (Å²) in [4.78, 5) is 0. The zero-order chi connectivity index (χ0) is 75.5. The molecule has 0 radical (unpaired) electrons. The highest BCUT2D eigenvalue weighted by Crippen LogP contribution is 2.20. The second kappa shape index (κ2) is 159. The minimum Gasteiger partial charge on any atom is -1.00 e. The molecule has 0 saturated carbocycles. The predicted molar refractivity (Wildman–Crippen MR) is 621 cm³/mol. The number of quaternary nitrogens is 5. The van der Waals surface area contributed by atoms with E-state index in [1.165, 1.54) is 482 Å². The van der Waals surface area contributed by atoms with Crippen LogP contribution in [0.25, 0.3) is 0 Å². The van der Waals surface area contributed by atoms with Crippen LogP contribution in [-0.2, 0) is 0 Å². The van der Waals surface area contributed by atoms with Crippen LogP contribution < -0.4 is 84.9 Å². The number of hydrogen-bond acceptors (Lipinski definition) is 0. The standard InChI is InChI=1S/5C19H42N.20BrH/c5*1-5-6-7-8-9-10-11-12-13-14-15-16-17-18-19-20(2,3)4;;;;;;;;;;;;;;;;;;;;/h5*5-19H2,1-4H3;20*1H/q5*+1;;;;;;;;;;;;;;;;;;;;/p-5. The van der Waals surface area contributed by atoms with E-state index in [0.717, 1.165) is 22.4 Å². The molecule has 0 amide bonds. The van der Waals surface area contributed by atoms with Crippen molar-refractivity contribution in [3.8, 4) is 0 Å². The average molecular weight is 3040 g/mol. The van der Waals surface area contributed by atoms with E-state index in [1.54, 1.807) is 0 Å². The highest BCUT2D eigenvalue weighted by Gasteiger charge is 2.10. The maximum absolute atomic E-state index is 2.29. The summed E-state index contributed by atoms with van der Waals surface area (Å²) in [5, 5.41) is 0. The lowest BCUT2D eigenvalue weighted by atomic mass is 10.0. The molecule has 0 aliphatic carbocycles. The first-order valence-electron chi connectivity index (χ1n) is 46.8. The molecule has 0 saturated heterocycles. The maximum Gasteiger partial charge on any atom is 0.0780 e. The lowest BCUT2D eigenvalue weighted by molar-refractivity contribution is -0.870. The molecule has 0 atom stereocenters. The normalized spacial score (nSPS) is 10.0. The molecule has 0 bridgehead atoms. The second-order valence-electron chi connectivity index (χ2n) is 38.1. The summed E-state index contributed by atoms with van der Waals surface area (Å²) in [6.45, 7) is 18.1. The fraction of sp³-hybridized carbons (Fsp3) is 1.00. The Balaban J connectivity index is -0.0000000392. The van der Waals surface area contributed by atoms with E-state index in [0.29, 0.717) is 0 Å². The summed E-state index contributed by atoms with van der Waals surface area (Å²) in [5.41, 5.74) is 0. The van der Waals surface area contributed by atoms with Gasteiger partial charge in [0.1, 0.15) is 0 Å². The highest BCUT2D eigenvalue weighted by atomic mass is 79.9. The Morgan fingerprint density at radius 1 is 0.0917 bits per heavy atom.